The van der Waals surface area contributed by atoms with Gasteiger partial charge in [-0.05, 0) is 33.1 Å². The second-order valence-electron chi connectivity index (χ2n) is 5.07. The van der Waals surface area contributed by atoms with E-state index in [1.54, 1.807) is 13.0 Å². The van der Waals surface area contributed by atoms with E-state index in [1.165, 1.54) is 0 Å². The van der Waals surface area contributed by atoms with E-state index >= 15 is 0 Å². The van der Waals surface area contributed by atoms with Crippen molar-refractivity contribution in [3.05, 3.63) is 40.8 Å². The average molecular weight is 272 g/mol. The van der Waals surface area contributed by atoms with Gasteiger partial charge in [0.25, 0.3) is 5.91 Å². The number of aromatic nitrogens is 3. The zero-order valence-corrected chi connectivity index (χ0v) is 11.5. The monoisotopic (exact) mass is 272 g/mol. The second-order valence-corrected chi connectivity index (χ2v) is 5.07. The van der Waals surface area contributed by atoms with Crippen molar-refractivity contribution in [3.63, 3.8) is 0 Å². The van der Waals surface area contributed by atoms with E-state index in [2.05, 4.69) is 20.4 Å². The molecule has 6 heteroatoms. The fourth-order valence-corrected chi connectivity index (χ4v) is 2.50. The number of hydrogen-bond acceptors (Lipinski definition) is 5. The van der Waals surface area contributed by atoms with Gasteiger partial charge in [-0.15, -0.1) is 0 Å². The normalized spacial score (nSPS) is 17.6. The van der Waals surface area contributed by atoms with Crippen molar-refractivity contribution in [1.82, 2.24) is 20.4 Å². The van der Waals surface area contributed by atoms with E-state index < -0.39 is 0 Å². The first-order valence-electron chi connectivity index (χ1n) is 6.70. The minimum Gasteiger partial charge on any atom is -0.351 e. The number of nitrogens with zero attached hydrogens (tertiary/aromatic N) is 3. The summed E-state index contributed by atoms with van der Waals surface area (Å²) in [6.07, 6.45) is 4.64. The van der Waals surface area contributed by atoms with Crippen LogP contribution in [0, 0.1) is 13.8 Å². The Morgan fingerprint density at radius 2 is 2.30 bits per heavy atom. The first kappa shape index (κ1) is 12.8. The molecule has 1 amide bonds. The van der Waals surface area contributed by atoms with E-state index in [1.807, 2.05) is 13.1 Å². The standard InChI is InChI=1S/C14H16N4O2/c1-8-6-13(20-18-8)14(19)17-12-5-3-4-11-10(12)7-15-9(2)16-11/h6-7,12H,3-5H2,1-2H3,(H,17,19)/t12-/m1/s1. The maximum atomic E-state index is 12.1. The molecule has 2 aromatic rings. The van der Waals surface area contributed by atoms with Crippen LogP contribution in [0.2, 0.25) is 0 Å². The number of amides is 1. The van der Waals surface area contributed by atoms with Crippen molar-refractivity contribution in [2.24, 2.45) is 0 Å². The van der Waals surface area contributed by atoms with Crippen LogP contribution in [0.4, 0.5) is 0 Å². The van der Waals surface area contributed by atoms with Crippen molar-refractivity contribution in [2.75, 3.05) is 0 Å². The summed E-state index contributed by atoms with van der Waals surface area (Å²) >= 11 is 0. The molecule has 3 rings (SSSR count). The third-order valence-corrected chi connectivity index (χ3v) is 3.46. The van der Waals surface area contributed by atoms with E-state index in [0.29, 0.717) is 5.69 Å². The predicted molar refractivity (Wildman–Crippen MR) is 71.2 cm³/mol. The van der Waals surface area contributed by atoms with Crippen LogP contribution in [0.1, 0.15) is 52.2 Å². The van der Waals surface area contributed by atoms with Crippen LogP contribution in [0.25, 0.3) is 0 Å². The lowest BCUT2D eigenvalue weighted by Crippen LogP contribution is -2.31. The fraction of sp³-hybridized carbons (Fsp3) is 0.429. The highest BCUT2D eigenvalue weighted by molar-refractivity contribution is 5.91. The van der Waals surface area contributed by atoms with Gasteiger partial charge in [-0.25, -0.2) is 9.97 Å². The lowest BCUT2D eigenvalue weighted by atomic mass is 9.92. The number of carbonyl (C=O) groups is 1. The molecular formula is C14H16N4O2. The highest BCUT2D eigenvalue weighted by atomic mass is 16.5. The highest BCUT2D eigenvalue weighted by Gasteiger charge is 2.25. The Hall–Kier alpha value is -2.24. The van der Waals surface area contributed by atoms with Gasteiger partial charge in [0.2, 0.25) is 5.76 Å². The Morgan fingerprint density at radius 1 is 1.45 bits per heavy atom. The zero-order valence-electron chi connectivity index (χ0n) is 11.5. The summed E-state index contributed by atoms with van der Waals surface area (Å²) in [6.45, 7) is 3.66. The number of aryl methyl sites for hydroxylation is 3. The van der Waals surface area contributed by atoms with E-state index in [-0.39, 0.29) is 17.7 Å². The largest absolute Gasteiger partial charge is 0.351 e. The highest BCUT2D eigenvalue weighted by Crippen LogP contribution is 2.28. The molecule has 2 aromatic heterocycles. The van der Waals surface area contributed by atoms with Crippen LogP contribution in [-0.2, 0) is 6.42 Å². The third kappa shape index (κ3) is 2.41. The molecule has 6 nitrogen and oxygen atoms in total. The smallest absolute Gasteiger partial charge is 0.290 e. The minimum atomic E-state index is -0.246. The number of nitrogens with one attached hydrogen (secondary N) is 1. The molecule has 1 aliphatic rings. The number of carbonyl (C=O) groups excluding carboxylic acids is 1. The van der Waals surface area contributed by atoms with Gasteiger partial charge in [0.05, 0.1) is 11.7 Å². The first-order chi connectivity index (χ1) is 9.63. The van der Waals surface area contributed by atoms with Crippen LogP contribution in [0.5, 0.6) is 0 Å². The van der Waals surface area contributed by atoms with Gasteiger partial charge < -0.3 is 9.84 Å². The van der Waals surface area contributed by atoms with Gasteiger partial charge in [-0.3, -0.25) is 4.79 Å². The minimum absolute atomic E-state index is 0.0581. The molecule has 0 spiro atoms. The van der Waals surface area contributed by atoms with Crippen molar-refractivity contribution in [2.45, 2.75) is 39.2 Å². The molecular weight excluding hydrogens is 256 g/mol. The summed E-state index contributed by atoms with van der Waals surface area (Å²) in [5.74, 6) is 0.758. The molecule has 0 aromatic carbocycles. The quantitative estimate of drug-likeness (QED) is 0.902. The van der Waals surface area contributed by atoms with Gasteiger partial charge in [0, 0.05) is 23.5 Å². The SMILES string of the molecule is Cc1cc(C(=O)N[C@@H]2CCCc3nc(C)ncc32)on1. The van der Waals surface area contributed by atoms with E-state index in [4.69, 9.17) is 4.52 Å². The average Bonchev–Trinajstić information content (AvgIpc) is 2.85. The summed E-state index contributed by atoms with van der Waals surface area (Å²) in [7, 11) is 0. The lowest BCUT2D eigenvalue weighted by Gasteiger charge is -2.24. The summed E-state index contributed by atoms with van der Waals surface area (Å²) in [5, 5.41) is 6.70. The van der Waals surface area contributed by atoms with Crippen LogP contribution in [-0.4, -0.2) is 21.0 Å². The third-order valence-electron chi connectivity index (χ3n) is 3.46. The summed E-state index contributed by atoms with van der Waals surface area (Å²) in [5.41, 5.74) is 2.73. The number of rotatable bonds is 2. The zero-order chi connectivity index (χ0) is 14.1. The molecule has 1 aliphatic carbocycles. The molecule has 1 atom stereocenters. The Kier molecular flexibility index (Phi) is 3.22. The molecule has 0 radical (unpaired) electrons. The number of hydrogen-bond donors (Lipinski definition) is 1. The molecule has 1 N–H and O–H groups in total. The Labute approximate surface area is 116 Å². The Morgan fingerprint density at radius 3 is 3.05 bits per heavy atom. The molecule has 0 aliphatic heterocycles. The molecule has 104 valence electrons. The molecule has 0 bridgehead atoms. The Balaban J connectivity index is 1.81. The number of fused-ring (bicyclic) bond motifs is 1. The molecule has 0 saturated carbocycles. The van der Waals surface area contributed by atoms with Gasteiger partial charge in [-0.2, -0.15) is 0 Å². The molecule has 0 fully saturated rings. The van der Waals surface area contributed by atoms with Gasteiger partial charge in [0.1, 0.15) is 5.82 Å². The summed E-state index contributed by atoms with van der Waals surface area (Å²) in [6, 6.07) is 1.57. The van der Waals surface area contributed by atoms with Crippen molar-refractivity contribution in [1.29, 1.82) is 0 Å². The maximum absolute atomic E-state index is 12.1. The lowest BCUT2D eigenvalue weighted by molar-refractivity contribution is 0.0895. The topological polar surface area (TPSA) is 80.9 Å². The Bertz CT molecular complexity index is 650. The van der Waals surface area contributed by atoms with Crippen molar-refractivity contribution < 1.29 is 9.32 Å². The fourth-order valence-electron chi connectivity index (χ4n) is 2.50. The molecule has 0 saturated heterocycles. The molecule has 0 unspecified atom stereocenters. The first-order valence-corrected chi connectivity index (χ1v) is 6.70. The second kappa shape index (κ2) is 5.03. The summed E-state index contributed by atoms with van der Waals surface area (Å²) in [4.78, 5) is 20.8. The van der Waals surface area contributed by atoms with Gasteiger partial charge in [0.15, 0.2) is 0 Å². The van der Waals surface area contributed by atoms with Crippen LogP contribution in [0.3, 0.4) is 0 Å². The van der Waals surface area contributed by atoms with Crippen LogP contribution in [0.15, 0.2) is 16.8 Å². The van der Waals surface area contributed by atoms with Crippen LogP contribution < -0.4 is 5.32 Å². The van der Waals surface area contributed by atoms with Gasteiger partial charge >= 0.3 is 0 Å². The molecule has 2 heterocycles. The van der Waals surface area contributed by atoms with Crippen LogP contribution >= 0.6 is 0 Å². The molecule has 20 heavy (non-hydrogen) atoms. The van der Waals surface area contributed by atoms with E-state index in [9.17, 15) is 4.79 Å². The maximum Gasteiger partial charge on any atom is 0.290 e. The summed E-state index contributed by atoms with van der Waals surface area (Å²) < 4.78 is 4.98. The van der Waals surface area contributed by atoms with Gasteiger partial charge in [-0.1, -0.05) is 5.16 Å². The van der Waals surface area contributed by atoms with Crippen molar-refractivity contribution in [3.8, 4) is 0 Å². The predicted octanol–water partition coefficient (Wildman–Crippen LogP) is 1.89. The van der Waals surface area contributed by atoms with Crippen molar-refractivity contribution >= 4 is 5.91 Å². The van der Waals surface area contributed by atoms with E-state index in [0.717, 1.165) is 36.3 Å².